The van der Waals surface area contributed by atoms with Gasteiger partial charge in [-0.1, -0.05) is 12.1 Å². The summed E-state index contributed by atoms with van der Waals surface area (Å²) in [6.45, 7) is 0. The van der Waals surface area contributed by atoms with Crippen LogP contribution in [0.15, 0.2) is 42.6 Å². The Balaban J connectivity index is 2.35. The van der Waals surface area contributed by atoms with Crippen molar-refractivity contribution in [3.05, 3.63) is 48.2 Å². The summed E-state index contributed by atoms with van der Waals surface area (Å²) < 4.78 is 5.22. The average Bonchev–Trinajstić information content (AvgIpc) is 2.40. The van der Waals surface area contributed by atoms with E-state index in [1.165, 1.54) is 0 Å². The van der Waals surface area contributed by atoms with Crippen LogP contribution in [0.25, 0.3) is 0 Å². The van der Waals surface area contributed by atoms with Gasteiger partial charge in [0.15, 0.2) is 0 Å². The number of methoxy groups -OCH3 is 1. The van der Waals surface area contributed by atoms with Crippen molar-refractivity contribution in [3.8, 4) is 11.8 Å². The molecule has 4 heteroatoms. The minimum absolute atomic E-state index is 0.499. The summed E-state index contributed by atoms with van der Waals surface area (Å²) in [4.78, 5) is 4.13. The average molecular weight is 225 g/mol. The molecule has 0 saturated carbocycles. The zero-order valence-corrected chi connectivity index (χ0v) is 9.34. The highest BCUT2D eigenvalue weighted by Gasteiger charge is 2.06. The van der Waals surface area contributed by atoms with Crippen LogP contribution in [0, 0.1) is 11.3 Å². The van der Waals surface area contributed by atoms with Crippen molar-refractivity contribution in [3.63, 3.8) is 0 Å². The van der Waals surface area contributed by atoms with E-state index < -0.39 is 0 Å². The first kappa shape index (κ1) is 11.0. The second kappa shape index (κ2) is 4.99. The number of anilines is 2. The van der Waals surface area contributed by atoms with Crippen LogP contribution < -0.4 is 10.1 Å². The molecule has 0 amide bonds. The van der Waals surface area contributed by atoms with Crippen LogP contribution in [0.3, 0.4) is 0 Å². The predicted molar refractivity (Wildman–Crippen MR) is 65.2 cm³/mol. The second-order valence-corrected chi connectivity index (χ2v) is 3.34. The molecule has 1 heterocycles. The molecular weight excluding hydrogens is 214 g/mol. The van der Waals surface area contributed by atoms with E-state index in [9.17, 15) is 0 Å². The molecule has 0 saturated heterocycles. The minimum atomic E-state index is 0.499. The van der Waals surface area contributed by atoms with Crippen LogP contribution in [0.1, 0.15) is 5.56 Å². The topological polar surface area (TPSA) is 57.9 Å². The lowest BCUT2D eigenvalue weighted by Gasteiger charge is -2.10. The highest BCUT2D eigenvalue weighted by atomic mass is 16.5. The summed E-state index contributed by atoms with van der Waals surface area (Å²) in [5, 5.41) is 12.0. The van der Waals surface area contributed by atoms with Gasteiger partial charge in [-0.25, -0.2) is 4.98 Å². The van der Waals surface area contributed by atoms with Gasteiger partial charge in [0.1, 0.15) is 17.6 Å². The molecule has 2 aromatic rings. The molecular formula is C13H11N3O. The smallest absolute Gasteiger partial charge is 0.148 e. The Bertz CT molecular complexity index is 561. The lowest BCUT2D eigenvalue weighted by molar-refractivity contribution is 0.417. The van der Waals surface area contributed by atoms with E-state index in [0.717, 1.165) is 5.69 Å². The Morgan fingerprint density at radius 3 is 2.82 bits per heavy atom. The number of aromatic nitrogens is 1. The van der Waals surface area contributed by atoms with Crippen LogP contribution in [0.4, 0.5) is 11.5 Å². The fourth-order valence-corrected chi connectivity index (χ4v) is 1.47. The van der Waals surface area contributed by atoms with Crippen LogP contribution in [-0.4, -0.2) is 12.1 Å². The number of nitrogens with one attached hydrogen (secondary N) is 1. The zero-order chi connectivity index (χ0) is 12.1. The van der Waals surface area contributed by atoms with Crippen molar-refractivity contribution in [2.75, 3.05) is 12.4 Å². The van der Waals surface area contributed by atoms with E-state index in [1.54, 1.807) is 25.4 Å². The molecule has 1 N–H and O–H groups in total. The third-order valence-corrected chi connectivity index (χ3v) is 2.29. The van der Waals surface area contributed by atoms with E-state index in [-0.39, 0.29) is 0 Å². The number of rotatable bonds is 3. The van der Waals surface area contributed by atoms with Crippen molar-refractivity contribution in [1.29, 1.82) is 5.26 Å². The van der Waals surface area contributed by atoms with Crippen molar-refractivity contribution >= 4 is 11.5 Å². The predicted octanol–water partition coefficient (Wildman–Crippen LogP) is 2.71. The monoisotopic (exact) mass is 225 g/mol. The molecule has 0 radical (unpaired) electrons. The number of nitrogens with zero attached hydrogens (tertiary/aromatic N) is 2. The SMILES string of the molecule is COc1ccccc1Nc1ncccc1C#N. The molecule has 1 aromatic heterocycles. The third kappa shape index (κ3) is 2.34. The molecule has 0 aliphatic heterocycles. The molecule has 0 spiro atoms. The highest BCUT2D eigenvalue weighted by Crippen LogP contribution is 2.27. The normalized spacial score (nSPS) is 9.41. The van der Waals surface area contributed by atoms with Crippen LogP contribution in [0.5, 0.6) is 5.75 Å². The van der Waals surface area contributed by atoms with E-state index in [4.69, 9.17) is 10.00 Å². The van der Waals surface area contributed by atoms with Crippen LogP contribution in [-0.2, 0) is 0 Å². The first-order valence-electron chi connectivity index (χ1n) is 5.10. The molecule has 2 rings (SSSR count). The summed E-state index contributed by atoms with van der Waals surface area (Å²) in [5.41, 5.74) is 1.28. The summed E-state index contributed by atoms with van der Waals surface area (Å²) in [5.74, 6) is 1.24. The van der Waals surface area contributed by atoms with Gasteiger partial charge in [0.05, 0.1) is 18.4 Å². The second-order valence-electron chi connectivity index (χ2n) is 3.34. The lowest BCUT2D eigenvalue weighted by atomic mass is 10.2. The van der Waals surface area contributed by atoms with E-state index >= 15 is 0 Å². The molecule has 17 heavy (non-hydrogen) atoms. The van der Waals surface area contributed by atoms with E-state index in [0.29, 0.717) is 17.1 Å². The summed E-state index contributed by atoms with van der Waals surface area (Å²) in [7, 11) is 1.60. The Hall–Kier alpha value is -2.54. The van der Waals surface area contributed by atoms with Gasteiger partial charge in [-0.15, -0.1) is 0 Å². The Morgan fingerprint density at radius 1 is 1.24 bits per heavy atom. The van der Waals surface area contributed by atoms with Gasteiger partial charge < -0.3 is 10.1 Å². The van der Waals surface area contributed by atoms with Crippen LogP contribution in [0.2, 0.25) is 0 Å². The van der Waals surface area contributed by atoms with Crippen molar-refractivity contribution in [2.45, 2.75) is 0 Å². The molecule has 0 aliphatic rings. The van der Waals surface area contributed by atoms with Crippen molar-refractivity contribution in [1.82, 2.24) is 4.98 Å². The molecule has 0 fully saturated rings. The fourth-order valence-electron chi connectivity index (χ4n) is 1.47. The first-order valence-corrected chi connectivity index (χ1v) is 5.10. The largest absolute Gasteiger partial charge is 0.495 e. The molecule has 0 atom stereocenters. The maximum Gasteiger partial charge on any atom is 0.148 e. The number of hydrogen-bond acceptors (Lipinski definition) is 4. The van der Waals surface area contributed by atoms with Gasteiger partial charge in [-0.05, 0) is 24.3 Å². The van der Waals surface area contributed by atoms with Gasteiger partial charge in [0.2, 0.25) is 0 Å². The molecule has 0 unspecified atom stereocenters. The number of nitriles is 1. The van der Waals surface area contributed by atoms with Gasteiger partial charge >= 0.3 is 0 Å². The summed E-state index contributed by atoms with van der Waals surface area (Å²) in [6.07, 6.45) is 1.64. The molecule has 84 valence electrons. The van der Waals surface area contributed by atoms with Crippen molar-refractivity contribution in [2.24, 2.45) is 0 Å². The fraction of sp³-hybridized carbons (Fsp3) is 0.0769. The number of para-hydroxylation sites is 2. The summed E-state index contributed by atoms with van der Waals surface area (Å²) in [6, 6.07) is 13.0. The van der Waals surface area contributed by atoms with Gasteiger partial charge in [-0.2, -0.15) is 5.26 Å². The molecule has 4 nitrogen and oxygen atoms in total. The number of pyridine rings is 1. The molecule has 0 aliphatic carbocycles. The van der Waals surface area contributed by atoms with Crippen molar-refractivity contribution < 1.29 is 4.74 Å². The molecule has 0 bridgehead atoms. The Morgan fingerprint density at radius 2 is 2.06 bits per heavy atom. The number of hydrogen-bond donors (Lipinski definition) is 1. The number of benzene rings is 1. The van der Waals surface area contributed by atoms with Gasteiger partial charge in [0.25, 0.3) is 0 Å². The zero-order valence-electron chi connectivity index (χ0n) is 9.34. The standard InChI is InChI=1S/C13H11N3O/c1-17-12-7-3-2-6-11(12)16-13-10(9-14)5-4-8-15-13/h2-8H,1H3,(H,15,16). The maximum atomic E-state index is 8.96. The minimum Gasteiger partial charge on any atom is -0.495 e. The van der Waals surface area contributed by atoms with Gasteiger partial charge in [-0.3, -0.25) is 0 Å². The number of ether oxygens (including phenoxy) is 1. The van der Waals surface area contributed by atoms with E-state index in [1.807, 2.05) is 24.3 Å². The highest BCUT2D eigenvalue weighted by molar-refractivity contribution is 5.67. The Labute approximate surface area is 99.5 Å². The van der Waals surface area contributed by atoms with Gasteiger partial charge in [0, 0.05) is 6.20 Å². The first-order chi connectivity index (χ1) is 8.35. The lowest BCUT2D eigenvalue weighted by Crippen LogP contribution is -1.98. The summed E-state index contributed by atoms with van der Waals surface area (Å²) >= 11 is 0. The van der Waals surface area contributed by atoms with Crippen LogP contribution >= 0.6 is 0 Å². The van der Waals surface area contributed by atoms with E-state index in [2.05, 4.69) is 16.4 Å². The maximum absolute atomic E-state index is 8.96. The Kier molecular flexibility index (Phi) is 3.22. The third-order valence-electron chi connectivity index (χ3n) is 2.29. The molecule has 1 aromatic carbocycles. The quantitative estimate of drug-likeness (QED) is 0.872.